The Labute approximate surface area is 124 Å². The Morgan fingerprint density at radius 3 is 2.52 bits per heavy atom. The van der Waals surface area contributed by atoms with Gasteiger partial charge in [0.05, 0.1) is 6.04 Å². The molecule has 1 aromatic carbocycles. The number of hydrogen-bond donors (Lipinski definition) is 1. The van der Waals surface area contributed by atoms with Crippen LogP contribution in [0.4, 0.5) is 10.2 Å². The normalized spacial score (nSPS) is 16.8. The average Bonchev–Trinajstić information content (AvgIpc) is 3.04. The van der Waals surface area contributed by atoms with Crippen LogP contribution in [0.2, 0.25) is 0 Å². The lowest BCUT2D eigenvalue weighted by Gasteiger charge is -2.28. The molecule has 21 heavy (non-hydrogen) atoms. The second-order valence-electron chi connectivity index (χ2n) is 5.41. The fourth-order valence-electron chi connectivity index (χ4n) is 2.86. The highest BCUT2D eigenvalue weighted by Gasteiger charge is 2.23. The number of likely N-dealkylation sites (tertiary alicyclic amines) is 1. The quantitative estimate of drug-likeness (QED) is 0.911. The molecule has 1 aromatic heterocycles. The van der Waals surface area contributed by atoms with E-state index in [0.717, 1.165) is 31.0 Å². The van der Waals surface area contributed by atoms with Crippen LogP contribution in [0.15, 0.2) is 48.7 Å². The Balaban J connectivity index is 1.74. The summed E-state index contributed by atoms with van der Waals surface area (Å²) in [6, 6.07) is 13.0. The molecule has 1 atom stereocenters. The molecule has 1 fully saturated rings. The first-order valence-electron chi connectivity index (χ1n) is 7.47. The van der Waals surface area contributed by atoms with E-state index in [9.17, 15) is 4.39 Å². The van der Waals surface area contributed by atoms with Crippen molar-refractivity contribution in [3.8, 4) is 0 Å². The smallest absolute Gasteiger partial charge is 0.125 e. The molecule has 0 aliphatic carbocycles. The molecule has 1 unspecified atom stereocenters. The van der Waals surface area contributed by atoms with Gasteiger partial charge in [-0.15, -0.1) is 0 Å². The van der Waals surface area contributed by atoms with Gasteiger partial charge in [-0.2, -0.15) is 0 Å². The molecule has 3 nitrogen and oxygen atoms in total. The molecule has 0 saturated carbocycles. The van der Waals surface area contributed by atoms with Crippen molar-refractivity contribution in [1.82, 2.24) is 9.88 Å². The molecule has 1 saturated heterocycles. The third kappa shape index (κ3) is 3.58. The van der Waals surface area contributed by atoms with Gasteiger partial charge in [0.1, 0.15) is 11.6 Å². The molecular formula is C17H20FN3. The minimum absolute atomic E-state index is 0.184. The SMILES string of the molecule is Fc1ccc(C(CNc2ccccn2)N2CCCC2)cc1. The maximum atomic E-state index is 13.1. The number of anilines is 1. The molecule has 110 valence electrons. The lowest BCUT2D eigenvalue weighted by Crippen LogP contribution is -2.31. The molecule has 4 heteroatoms. The van der Waals surface area contributed by atoms with Crippen LogP contribution in [0, 0.1) is 5.82 Å². The average molecular weight is 285 g/mol. The summed E-state index contributed by atoms with van der Waals surface area (Å²) in [5.41, 5.74) is 1.15. The number of aromatic nitrogens is 1. The molecule has 0 amide bonds. The van der Waals surface area contributed by atoms with Crippen molar-refractivity contribution in [3.05, 3.63) is 60.0 Å². The van der Waals surface area contributed by atoms with Crippen molar-refractivity contribution >= 4 is 5.82 Å². The molecule has 0 spiro atoms. The van der Waals surface area contributed by atoms with E-state index < -0.39 is 0 Å². The van der Waals surface area contributed by atoms with Gasteiger partial charge in [-0.3, -0.25) is 4.90 Å². The van der Waals surface area contributed by atoms with Crippen LogP contribution in [-0.2, 0) is 0 Å². The molecule has 3 rings (SSSR count). The largest absolute Gasteiger partial charge is 0.368 e. The van der Waals surface area contributed by atoms with Crippen LogP contribution in [0.25, 0.3) is 0 Å². The van der Waals surface area contributed by atoms with Gasteiger partial charge in [-0.05, 0) is 55.8 Å². The zero-order valence-electron chi connectivity index (χ0n) is 12.0. The van der Waals surface area contributed by atoms with Crippen molar-refractivity contribution < 1.29 is 4.39 Å². The van der Waals surface area contributed by atoms with E-state index in [1.54, 1.807) is 18.3 Å². The van der Waals surface area contributed by atoms with Gasteiger partial charge in [0.2, 0.25) is 0 Å². The summed E-state index contributed by atoms with van der Waals surface area (Å²) in [5, 5.41) is 3.39. The molecule has 0 radical (unpaired) electrons. The second kappa shape index (κ2) is 6.68. The van der Waals surface area contributed by atoms with E-state index >= 15 is 0 Å². The zero-order valence-corrected chi connectivity index (χ0v) is 12.0. The first-order chi connectivity index (χ1) is 10.3. The van der Waals surface area contributed by atoms with E-state index in [1.165, 1.54) is 12.8 Å². The molecular weight excluding hydrogens is 265 g/mol. The van der Waals surface area contributed by atoms with E-state index in [4.69, 9.17) is 0 Å². The zero-order chi connectivity index (χ0) is 14.5. The van der Waals surface area contributed by atoms with Crippen molar-refractivity contribution in [2.24, 2.45) is 0 Å². The van der Waals surface area contributed by atoms with Gasteiger partial charge in [0.25, 0.3) is 0 Å². The van der Waals surface area contributed by atoms with Crippen molar-refractivity contribution in [2.45, 2.75) is 18.9 Å². The molecule has 1 N–H and O–H groups in total. The Morgan fingerprint density at radius 2 is 1.86 bits per heavy atom. The molecule has 1 aliphatic rings. The fraction of sp³-hybridized carbons (Fsp3) is 0.353. The Bertz CT molecular complexity index is 550. The van der Waals surface area contributed by atoms with Gasteiger partial charge in [-0.25, -0.2) is 9.37 Å². The predicted molar refractivity (Wildman–Crippen MR) is 82.7 cm³/mol. The third-order valence-electron chi connectivity index (χ3n) is 3.98. The summed E-state index contributed by atoms with van der Waals surface area (Å²) in [6.45, 7) is 2.99. The van der Waals surface area contributed by atoms with Gasteiger partial charge in [0.15, 0.2) is 0 Å². The number of nitrogens with zero attached hydrogens (tertiary/aromatic N) is 2. The predicted octanol–water partition coefficient (Wildman–Crippen LogP) is 3.47. The first-order valence-corrected chi connectivity index (χ1v) is 7.47. The number of benzene rings is 1. The van der Waals surface area contributed by atoms with Crippen molar-refractivity contribution in [3.63, 3.8) is 0 Å². The number of rotatable bonds is 5. The first kappa shape index (κ1) is 14.0. The van der Waals surface area contributed by atoms with Crippen LogP contribution < -0.4 is 5.32 Å². The number of pyridine rings is 1. The second-order valence-corrected chi connectivity index (χ2v) is 5.41. The summed E-state index contributed by atoms with van der Waals surface area (Å²) in [7, 11) is 0. The molecule has 0 bridgehead atoms. The van der Waals surface area contributed by atoms with Crippen LogP contribution in [0.5, 0.6) is 0 Å². The summed E-state index contributed by atoms with van der Waals surface area (Å²) >= 11 is 0. The topological polar surface area (TPSA) is 28.2 Å². The summed E-state index contributed by atoms with van der Waals surface area (Å²) in [4.78, 5) is 6.76. The standard InChI is InChI=1S/C17H20FN3/c18-15-8-6-14(7-9-15)16(21-11-3-4-12-21)13-20-17-5-1-2-10-19-17/h1-2,5-10,16H,3-4,11-13H2,(H,19,20). The summed E-state index contributed by atoms with van der Waals surface area (Å²) in [5.74, 6) is 0.695. The number of hydrogen-bond acceptors (Lipinski definition) is 3. The Hall–Kier alpha value is -1.94. The maximum absolute atomic E-state index is 13.1. The van der Waals surface area contributed by atoms with Gasteiger partial charge >= 0.3 is 0 Å². The minimum atomic E-state index is -0.184. The van der Waals surface area contributed by atoms with Crippen molar-refractivity contribution in [1.29, 1.82) is 0 Å². The van der Waals surface area contributed by atoms with E-state index in [1.807, 2.05) is 30.3 Å². The molecule has 1 aliphatic heterocycles. The highest BCUT2D eigenvalue weighted by atomic mass is 19.1. The van der Waals surface area contributed by atoms with Gasteiger partial charge in [0, 0.05) is 12.7 Å². The minimum Gasteiger partial charge on any atom is -0.368 e. The highest BCUT2D eigenvalue weighted by molar-refractivity contribution is 5.34. The Morgan fingerprint density at radius 1 is 1.10 bits per heavy atom. The lowest BCUT2D eigenvalue weighted by atomic mass is 10.1. The Kier molecular flexibility index (Phi) is 4.46. The van der Waals surface area contributed by atoms with Crippen LogP contribution >= 0.6 is 0 Å². The van der Waals surface area contributed by atoms with Gasteiger partial charge < -0.3 is 5.32 Å². The van der Waals surface area contributed by atoms with Gasteiger partial charge in [-0.1, -0.05) is 18.2 Å². The fourth-order valence-corrected chi connectivity index (χ4v) is 2.86. The van der Waals surface area contributed by atoms with E-state index in [-0.39, 0.29) is 11.9 Å². The van der Waals surface area contributed by atoms with Crippen molar-refractivity contribution in [2.75, 3.05) is 25.0 Å². The molecule has 2 heterocycles. The third-order valence-corrected chi connectivity index (χ3v) is 3.98. The summed E-state index contributed by atoms with van der Waals surface area (Å²) < 4.78 is 13.1. The monoisotopic (exact) mass is 285 g/mol. The number of halogens is 1. The van der Waals surface area contributed by atoms with Crippen LogP contribution in [-0.4, -0.2) is 29.5 Å². The van der Waals surface area contributed by atoms with E-state index in [0.29, 0.717) is 0 Å². The molecule has 2 aromatic rings. The highest BCUT2D eigenvalue weighted by Crippen LogP contribution is 2.25. The van der Waals surface area contributed by atoms with E-state index in [2.05, 4.69) is 15.2 Å². The lowest BCUT2D eigenvalue weighted by molar-refractivity contribution is 0.255. The number of nitrogens with one attached hydrogen (secondary N) is 1. The summed E-state index contributed by atoms with van der Waals surface area (Å²) in [6.07, 6.45) is 4.26. The van der Waals surface area contributed by atoms with Crippen LogP contribution in [0.1, 0.15) is 24.4 Å². The maximum Gasteiger partial charge on any atom is 0.125 e. The van der Waals surface area contributed by atoms with Crippen LogP contribution in [0.3, 0.4) is 0 Å².